The van der Waals surface area contributed by atoms with Crippen molar-refractivity contribution in [2.75, 3.05) is 59.0 Å². The largest absolute Gasteiger partial charge is 0.383 e. The monoisotopic (exact) mass is 250 g/mol. The van der Waals surface area contributed by atoms with Crippen LogP contribution >= 0.6 is 11.6 Å². The van der Waals surface area contributed by atoms with Gasteiger partial charge in [0.05, 0.1) is 19.8 Å². The zero-order chi connectivity index (χ0) is 11.6. The minimum Gasteiger partial charge on any atom is -0.383 e. The number of rotatable bonds is 8. The van der Waals surface area contributed by atoms with Crippen molar-refractivity contribution in [3.63, 3.8) is 0 Å². The SMILES string of the molecule is COCC(CCCl)NCCN1CCOCC1. The van der Waals surface area contributed by atoms with E-state index < -0.39 is 0 Å². The van der Waals surface area contributed by atoms with Crippen LogP contribution in [-0.4, -0.2) is 69.9 Å². The number of nitrogens with zero attached hydrogens (tertiary/aromatic N) is 1. The number of alkyl halides is 1. The van der Waals surface area contributed by atoms with E-state index in [0.29, 0.717) is 11.9 Å². The van der Waals surface area contributed by atoms with Gasteiger partial charge in [0, 0.05) is 45.2 Å². The fraction of sp³-hybridized carbons (Fsp3) is 1.00. The average molecular weight is 251 g/mol. The van der Waals surface area contributed by atoms with Crippen molar-refractivity contribution in [1.29, 1.82) is 0 Å². The predicted octanol–water partition coefficient (Wildman–Crippen LogP) is 0.552. The summed E-state index contributed by atoms with van der Waals surface area (Å²) in [7, 11) is 1.73. The fourth-order valence-electron chi connectivity index (χ4n) is 1.83. The second kappa shape index (κ2) is 9.19. The molecule has 96 valence electrons. The topological polar surface area (TPSA) is 33.7 Å². The Balaban J connectivity index is 2.06. The summed E-state index contributed by atoms with van der Waals surface area (Å²) in [5.41, 5.74) is 0. The van der Waals surface area contributed by atoms with Crippen molar-refractivity contribution in [3.8, 4) is 0 Å². The van der Waals surface area contributed by atoms with Crippen LogP contribution < -0.4 is 5.32 Å². The molecule has 1 N–H and O–H groups in total. The van der Waals surface area contributed by atoms with Gasteiger partial charge in [-0.1, -0.05) is 0 Å². The van der Waals surface area contributed by atoms with Crippen LogP contribution in [0.15, 0.2) is 0 Å². The summed E-state index contributed by atoms with van der Waals surface area (Å²) in [4.78, 5) is 2.42. The molecule has 0 aromatic rings. The van der Waals surface area contributed by atoms with Crippen LogP contribution in [-0.2, 0) is 9.47 Å². The van der Waals surface area contributed by atoms with Crippen LogP contribution in [0.4, 0.5) is 0 Å². The maximum atomic E-state index is 5.74. The third kappa shape index (κ3) is 6.01. The summed E-state index contributed by atoms with van der Waals surface area (Å²) in [6, 6.07) is 0.378. The average Bonchev–Trinajstić information content (AvgIpc) is 2.31. The van der Waals surface area contributed by atoms with Crippen molar-refractivity contribution < 1.29 is 9.47 Å². The molecule has 1 atom stereocenters. The van der Waals surface area contributed by atoms with Crippen molar-refractivity contribution in [3.05, 3.63) is 0 Å². The van der Waals surface area contributed by atoms with E-state index in [1.807, 2.05) is 0 Å². The van der Waals surface area contributed by atoms with E-state index in [0.717, 1.165) is 52.4 Å². The Bertz CT molecular complexity index is 160. The Labute approximate surface area is 103 Å². The van der Waals surface area contributed by atoms with Gasteiger partial charge >= 0.3 is 0 Å². The first-order valence-corrected chi connectivity index (χ1v) is 6.48. The molecule has 0 saturated carbocycles. The van der Waals surface area contributed by atoms with E-state index in [1.54, 1.807) is 7.11 Å². The Morgan fingerprint density at radius 1 is 1.44 bits per heavy atom. The van der Waals surface area contributed by atoms with Crippen LogP contribution in [0.25, 0.3) is 0 Å². The molecular formula is C11H23ClN2O2. The minimum atomic E-state index is 0.378. The van der Waals surface area contributed by atoms with E-state index in [2.05, 4.69) is 10.2 Å². The molecule has 0 bridgehead atoms. The molecule has 0 amide bonds. The third-order valence-corrected chi connectivity index (χ3v) is 3.01. The first kappa shape index (κ1) is 14.2. The molecule has 1 aliphatic rings. The van der Waals surface area contributed by atoms with Gasteiger partial charge in [0.25, 0.3) is 0 Å². The molecule has 1 saturated heterocycles. The number of hydrogen-bond acceptors (Lipinski definition) is 4. The highest BCUT2D eigenvalue weighted by Gasteiger charge is 2.11. The molecule has 0 spiro atoms. The predicted molar refractivity (Wildman–Crippen MR) is 66.3 cm³/mol. The van der Waals surface area contributed by atoms with Crippen molar-refractivity contribution in [2.24, 2.45) is 0 Å². The number of morpholine rings is 1. The highest BCUT2D eigenvalue weighted by atomic mass is 35.5. The third-order valence-electron chi connectivity index (χ3n) is 2.79. The maximum absolute atomic E-state index is 5.74. The van der Waals surface area contributed by atoms with Crippen LogP contribution in [0.5, 0.6) is 0 Å². The zero-order valence-corrected chi connectivity index (χ0v) is 10.8. The van der Waals surface area contributed by atoms with Crippen LogP contribution in [0.1, 0.15) is 6.42 Å². The molecule has 4 nitrogen and oxygen atoms in total. The van der Waals surface area contributed by atoms with Gasteiger partial charge in [0.15, 0.2) is 0 Å². The molecule has 1 unspecified atom stereocenters. The summed E-state index contributed by atoms with van der Waals surface area (Å²) in [6.45, 7) is 6.62. The lowest BCUT2D eigenvalue weighted by molar-refractivity contribution is 0.0376. The zero-order valence-electron chi connectivity index (χ0n) is 10.1. The Morgan fingerprint density at radius 2 is 2.19 bits per heavy atom. The van der Waals surface area contributed by atoms with E-state index in [-0.39, 0.29) is 0 Å². The summed E-state index contributed by atoms with van der Waals surface area (Å²) < 4.78 is 10.4. The number of nitrogens with one attached hydrogen (secondary N) is 1. The summed E-state index contributed by atoms with van der Waals surface area (Å²) >= 11 is 5.74. The van der Waals surface area contributed by atoms with Gasteiger partial charge in [-0.15, -0.1) is 11.6 Å². The second-order valence-electron chi connectivity index (χ2n) is 4.04. The quantitative estimate of drug-likeness (QED) is 0.638. The number of hydrogen-bond donors (Lipinski definition) is 1. The van der Waals surface area contributed by atoms with Crippen LogP contribution in [0, 0.1) is 0 Å². The maximum Gasteiger partial charge on any atom is 0.0616 e. The van der Waals surface area contributed by atoms with Gasteiger partial charge in [0.1, 0.15) is 0 Å². The minimum absolute atomic E-state index is 0.378. The molecule has 16 heavy (non-hydrogen) atoms. The number of methoxy groups -OCH3 is 1. The highest BCUT2D eigenvalue weighted by Crippen LogP contribution is 1.97. The first-order valence-electron chi connectivity index (χ1n) is 5.95. The Hall–Kier alpha value is 0.130. The smallest absolute Gasteiger partial charge is 0.0616 e. The molecule has 0 aromatic heterocycles. The molecule has 1 aliphatic heterocycles. The molecule has 1 fully saturated rings. The summed E-state index contributed by atoms with van der Waals surface area (Å²) in [6.07, 6.45) is 0.957. The van der Waals surface area contributed by atoms with Gasteiger partial charge in [0.2, 0.25) is 0 Å². The normalized spacial score (nSPS) is 19.9. The molecule has 1 rings (SSSR count). The van der Waals surface area contributed by atoms with Gasteiger partial charge in [-0.05, 0) is 6.42 Å². The van der Waals surface area contributed by atoms with Gasteiger partial charge < -0.3 is 14.8 Å². The fourth-order valence-corrected chi connectivity index (χ4v) is 2.09. The van der Waals surface area contributed by atoms with E-state index in [4.69, 9.17) is 21.1 Å². The van der Waals surface area contributed by atoms with E-state index >= 15 is 0 Å². The first-order chi connectivity index (χ1) is 7.86. The van der Waals surface area contributed by atoms with Crippen molar-refractivity contribution in [2.45, 2.75) is 12.5 Å². The Morgan fingerprint density at radius 3 is 2.81 bits per heavy atom. The number of halogens is 1. The van der Waals surface area contributed by atoms with Crippen molar-refractivity contribution in [1.82, 2.24) is 10.2 Å². The molecular weight excluding hydrogens is 228 g/mol. The van der Waals surface area contributed by atoms with Crippen LogP contribution in [0.2, 0.25) is 0 Å². The highest BCUT2D eigenvalue weighted by molar-refractivity contribution is 6.17. The van der Waals surface area contributed by atoms with Gasteiger partial charge in [-0.25, -0.2) is 0 Å². The molecule has 0 radical (unpaired) electrons. The molecule has 0 aromatic carbocycles. The lowest BCUT2D eigenvalue weighted by Crippen LogP contribution is -2.43. The molecule has 5 heteroatoms. The Kier molecular flexibility index (Phi) is 8.15. The lowest BCUT2D eigenvalue weighted by Gasteiger charge is -2.27. The second-order valence-corrected chi connectivity index (χ2v) is 4.42. The summed E-state index contributed by atoms with van der Waals surface area (Å²) in [5.74, 6) is 0.679. The van der Waals surface area contributed by atoms with Gasteiger partial charge in [-0.3, -0.25) is 4.90 Å². The standard InChI is InChI=1S/C11H23ClN2O2/c1-15-10-11(2-3-12)13-4-5-14-6-8-16-9-7-14/h11,13H,2-10H2,1H3. The van der Waals surface area contributed by atoms with E-state index in [9.17, 15) is 0 Å². The molecule has 1 heterocycles. The number of ether oxygens (including phenoxy) is 2. The van der Waals surface area contributed by atoms with Crippen molar-refractivity contribution >= 4 is 11.6 Å². The van der Waals surface area contributed by atoms with E-state index in [1.165, 1.54) is 0 Å². The lowest BCUT2D eigenvalue weighted by atomic mass is 10.2. The summed E-state index contributed by atoms with van der Waals surface area (Å²) in [5, 5.41) is 3.48. The van der Waals surface area contributed by atoms with Gasteiger partial charge in [-0.2, -0.15) is 0 Å². The van der Waals surface area contributed by atoms with Crippen LogP contribution in [0.3, 0.4) is 0 Å². The molecule has 0 aliphatic carbocycles.